The van der Waals surface area contributed by atoms with Crippen LogP contribution in [-0.4, -0.2) is 24.4 Å². The summed E-state index contributed by atoms with van der Waals surface area (Å²) < 4.78 is 5.71. The minimum Gasteiger partial charge on any atom is -0.508 e. The topological polar surface area (TPSA) is 41.5 Å². The van der Waals surface area contributed by atoms with Crippen molar-refractivity contribution < 1.29 is 9.84 Å². The van der Waals surface area contributed by atoms with Crippen LogP contribution < -0.4 is 5.32 Å². The molecule has 0 aliphatic carbocycles. The van der Waals surface area contributed by atoms with Crippen molar-refractivity contribution in [2.24, 2.45) is 5.92 Å². The minimum atomic E-state index is 0.165. The first-order chi connectivity index (χ1) is 9.11. The Labute approximate surface area is 116 Å². The van der Waals surface area contributed by atoms with E-state index in [4.69, 9.17) is 4.74 Å². The quantitative estimate of drug-likeness (QED) is 0.857. The standard InChI is InChI=1S/C16H25NO2/c1-4-16-13(7-8-19-16)10-17-12(3)14-9-11(2)5-6-15(14)18/h5-6,9,12-13,16-18H,4,7-8,10H2,1-3H3. The fraction of sp³-hybridized carbons (Fsp3) is 0.625. The van der Waals surface area contributed by atoms with Crippen LogP contribution in [0.25, 0.3) is 0 Å². The number of hydrogen-bond acceptors (Lipinski definition) is 3. The Morgan fingerprint density at radius 1 is 1.47 bits per heavy atom. The number of phenols is 1. The van der Waals surface area contributed by atoms with Crippen LogP contribution in [0.2, 0.25) is 0 Å². The van der Waals surface area contributed by atoms with E-state index >= 15 is 0 Å². The highest BCUT2D eigenvalue weighted by Crippen LogP contribution is 2.27. The Morgan fingerprint density at radius 3 is 3.00 bits per heavy atom. The molecule has 3 unspecified atom stereocenters. The monoisotopic (exact) mass is 263 g/mol. The number of aromatic hydroxyl groups is 1. The summed E-state index contributed by atoms with van der Waals surface area (Å²) in [6.07, 6.45) is 2.61. The van der Waals surface area contributed by atoms with Gasteiger partial charge in [-0.3, -0.25) is 0 Å². The Kier molecular flexibility index (Phi) is 4.83. The maximum atomic E-state index is 9.93. The summed E-state index contributed by atoms with van der Waals surface area (Å²) in [5.74, 6) is 0.972. The smallest absolute Gasteiger partial charge is 0.120 e. The second-order valence-corrected chi connectivity index (χ2v) is 5.56. The molecule has 1 saturated heterocycles. The number of ether oxygens (including phenoxy) is 1. The molecule has 3 heteroatoms. The van der Waals surface area contributed by atoms with Gasteiger partial charge in [-0.05, 0) is 38.7 Å². The van der Waals surface area contributed by atoms with Crippen molar-refractivity contribution >= 4 is 0 Å². The maximum Gasteiger partial charge on any atom is 0.120 e. The summed E-state index contributed by atoms with van der Waals surface area (Å²) in [6.45, 7) is 8.17. The molecule has 1 aliphatic rings. The van der Waals surface area contributed by atoms with Crippen LogP contribution in [0.1, 0.15) is 43.9 Å². The van der Waals surface area contributed by atoms with Crippen molar-refractivity contribution in [3.63, 3.8) is 0 Å². The third kappa shape index (κ3) is 3.48. The maximum absolute atomic E-state index is 9.93. The van der Waals surface area contributed by atoms with E-state index in [0.717, 1.165) is 31.6 Å². The first kappa shape index (κ1) is 14.4. The molecule has 0 aromatic heterocycles. The van der Waals surface area contributed by atoms with Crippen LogP contribution >= 0.6 is 0 Å². The lowest BCUT2D eigenvalue weighted by Gasteiger charge is -2.21. The summed E-state index contributed by atoms with van der Waals surface area (Å²) >= 11 is 0. The van der Waals surface area contributed by atoms with Gasteiger partial charge in [0.1, 0.15) is 5.75 Å². The zero-order valence-corrected chi connectivity index (χ0v) is 12.1. The van der Waals surface area contributed by atoms with Gasteiger partial charge >= 0.3 is 0 Å². The van der Waals surface area contributed by atoms with E-state index in [0.29, 0.717) is 17.8 Å². The van der Waals surface area contributed by atoms with E-state index in [1.807, 2.05) is 13.0 Å². The van der Waals surface area contributed by atoms with E-state index in [2.05, 4.69) is 25.2 Å². The normalized spacial score (nSPS) is 24.6. The van der Waals surface area contributed by atoms with Crippen molar-refractivity contribution in [3.8, 4) is 5.75 Å². The number of aryl methyl sites for hydroxylation is 1. The Bertz CT molecular complexity index is 419. The van der Waals surface area contributed by atoms with Crippen LogP contribution in [0.4, 0.5) is 0 Å². The Hall–Kier alpha value is -1.06. The first-order valence-electron chi connectivity index (χ1n) is 7.26. The molecular formula is C16H25NO2. The predicted molar refractivity (Wildman–Crippen MR) is 77.4 cm³/mol. The van der Waals surface area contributed by atoms with Gasteiger partial charge in [-0.15, -0.1) is 0 Å². The lowest BCUT2D eigenvalue weighted by atomic mass is 9.98. The third-order valence-electron chi connectivity index (χ3n) is 4.08. The first-order valence-corrected chi connectivity index (χ1v) is 7.26. The molecule has 3 atom stereocenters. The molecule has 1 heterocycles. The van der Waals surface area contributed by atoms with Gasteiger partial charge in [0.25, 0.3) is 0 Å². The van der Waals surface area contributed by atoms with Crippen LogP contribution in [0.15, 0.2) is 18.2 Å². The molecule has 1 fully saturated rings. The molecule has 1 aromatic carbocycles. The zero-order chi connectivity index (χ0) is 13.8. The molecule has 19 heavy (non-hydrogen) atoms. The minimum absolute atomic E-state index is 0.165. The molecule has 106 valence electrons. The lowest BCUT2D eigenvalue weighted by Crippen LogP contribution is -2.30. The second kappa shape index (κ2) is 6.40. The summed E-state index contributed by atoms with van der Waals surface area (Å²) in [5, 5.41) is 13.5. The van der Waals surface area contributed by atoms with Crippen LogP contribution in [0.5, 0.6) is 5.75 Å². The number of hydrogen-bond donors (Lipinski definition) is 2. The largest absolute Gasteiger partial charge is 0.508 e. The molecule has 0 bridgehead atoms. The lowest BCUT2D eigenvalue weighted by molar-refractivity contribution is 0.0867. The van der Waals surface area contributed by atoms with Gasteiger partial charge in [-0.2, -0.15) is 0 Å². The van der Waals surface area contributed by atoms with E-state index in [1.54, 1.807) is 6.07 Å². The third-order valence-corrected chi connectivity index (χ3v) is 4.08. The van der Waals surface area contributed by atoms with Gasteiger partial charge < -0.3 is 15.2 Å². The molecule has 3 nitrogen and oxygen atoms in total. The molecule has 0 spiro atoms. The van der Waals surface area contributed by atoms with Crippen LogP contribution in [0, 0.1) is 12.8 Å². The van der Waals surface area contributed by atoms with E-state index in [9.17, 15) is 5.11 Å². The average molecular weight is 263 g/mol. The van der Waals surface area contributed by atoms with Gasteiger partial charge in [-0.25, -0.2) is 0 Å². The number of phenolic OH excluding ortho intramolecular Hbond substituents is 1. The highest BCUT2D eigenvalue weighted by Gasteiger charge is 2.26. The SMILES string of the molecule is CCC1OCCC1CNC(C)c1cc(C)ccc1O. The van der Waals surface area contributed by atoms with Gasteiger partial charge in [0, 0.05) is 24.8 Å². The summed E-state index contributed by atoms with van der Waals surface area (Å²) in [6, 6.07) is 5.92. The molecule has 2 N–H and O–H groups in total. The van der Waals surface area contributed by atoms with Crippen molar-refractivity contribution in [1.82, 2.24) is 5.32 Å². The zero-order valence-electron chi connectivity index (χ0n) is 12.1. The van der Waals surface area contributed by atoms with Gasteiger partial charge in [0.05, 0.1) is 6.10 Å². The van der Waals surface area contributed by atoms with Gasteiger partial charge in [0.2, 0.25) is 0 Å². The average Bonchev–Trinajstić information content (AvgIpc) is 2.86. The molecule has 1 aliphatic heterocycles. The van der Waals surface area contributed by atoms with Gasteiger partial charge in [-0.1, -0.05) is 24.6 Å². The molecule has 2 rings (SSSR count). The van der Waals surface area contributed by atoms with Crippen molar-refractivity contribution in [1.29, 1.82) is 0 Å². The molecule has 0 saturated carbocycles. The van der Waals surface area contributed by atoms with Crippen molar-refractivity contribution in [3.05, 3.63) is 29.3 Å². The highest BCUT2D eigenvalue weighted by molar-refractivity contribution is 5.37. The molecule has 1 aromatic rings. The summed E-state index contributed by atoms with van der Waals surface area (Å²) in [5.41, 5.74) is 2.16. The highest BCUT2D eigenvalue weighted by atomic mass is 16.5. The van der Waals surface area contributed by atoms with E-state index < -0.39 is 0 Å². The molecular weight excluding hydrogens is 238 g/mol. The number of nitrogens with one attached hydrogen (secondary N) is 1. The predicted octanol–water partition coefficient (Wildman–Crippen LogP) is 3.17. The van der Waals surface area contributed by atoms with Crippen LogP contribution in [0.3, 0.4) is 0 Å². The fourth-order valence-electron chi connectivity index (χ4n) is 2.84. The molecule has 0 amide bonds. The second-order valence-electron chi connectivity index (χ2n) is 5.56. The fourth-order valence-corrected chi connectivity index (χ4v) is 2.84. The Balaban J connectivity index is 1.93. The summed E-state index contributed by atoms with van der Waals surface area (Å²) in [4.78, 5) is 0. The summed E-state index contributed by atoms with van der Waals surface area (Å²) in [7, 11) is 0. The van der Waals surface area contributed by atoms with Crippen molar-refractivity contribution in [2.75, 3.05) is 13.2 Å². The van der Waals surface area contributed by atoms with E-state index in [-0.39, 0.29) is 6.04 Å². The molecule has 0 radical (unpaired) electrons. The van der Waals surface area contributed by atoms with Crippen LogP contribution in [-0.2, 0) is 4.74 Å². The number of rotatable bonds is 5. The number of benzene rings is 1. The van der Waals surface area contributed by atoms with E-state index in [1.165, 1.54) is 5.56 Å². The Morgan fingerprint density at radius 2 is 2.26 bits per heavy atom. The van der Waals surface area contributed by atoms with Crippen molar-refractivity contribution in [2.45, 2.75) is 45.8 Å². The van der Waals surface area contributed by atoms with Gasteiger partial charge in [0.15, 0.2) is 0 Å².